The maximum Gasteiger partial charge on any atom is 0.368 e. The molecular formula is C27H33F2N4O5+. The predicted octanol–water partition coefficient (Wildman–Crippen LogP) is 2.34. The number of aromatic nitrogens is 2. The van der Waals surface area contributed by atoms with E-state index in [1.807, 2.05) is 13.8 Å². The largest absolute Gasteiger partial charge is 0.393 e. The van der Waals surface area contributed by atoms with Gasteiger partial charge in [0.25, 0.3) is 5.91 Å². The van der Waals surface area contributed by atoms with Gasteiger partial charge in [0.05, 0.1) is 24.3 Å². The molecule has 11 heteroatoms. The number of halogens is 2. The van der Waals surface area contributed by atoms with Gasteiger partial charge >= 0.3 is 5.97 Å². The van der Waals surface area contributed by atoms with Gasteiger partial charge < -0.3 is 15.5 Å². The minimum absolute atomic E-state index is 0.0538. The molecule has 9 nitrogen and oxygen atoms in total. The summed E-state index contributed by atoms with van der Waals surface area (Å²) in [7, 11) is 0. The maximum atomic E-state index is 13.6. The first-order valence-electron chi connectivity index (χ1n) is 12.3. The lowest BCUT2D eigenvalue weighted by Crippen LogP contribution is -2.51. The van der Waals surface area contributed by atoms with Crippen molar-refractivity contribution in [3.8, 4) is 5.69 Å². The summed E-state index contributed by atoms with van der Waals surface area (Å²) in [6.45, 7) is 4.00. The molecule has 2 atom stereocenters. The average molecular weight is 532 g/mol. The molecule has 1 amide bonds. The van der Waals surface area contributed by atoms with Crippen LogP contribution in [0, 0.1) is 11.6 Å². The number of nitrogens with zero attached hydrogens (tertiary/aromatic N) is 2. The van der Waals surface area contributed by atoms with Crippen LogP contribution >= 0.6 is 0 Å². The van der Waals surface area contributed by atoms with Crippen LogP contribution in [-0.2, 0) is 22.6 Å². The Hall–Kier alpha value is -3.67. The van der Waals surface area contributed by atoms with Gasteiger partial charge in [0.15, 0.2) is 5.69 Å². The fourth-order valence-corrected chi connectivity index (χ4v) is 4.21. The predicted molar refractivity (Wildman–Crippen MR) is 134 cm³/mol. The van der Waals surface area contributed by atoms with Crippen LogP contribution in [0.25, 0.3) is 5.69 Å². The first kappa shape index (κ1) is 28.9. The zero-order chi connectivity index (χ0) is 27.8. The third-order valence-electron chi connectivity index (χ3n) is 6.07. The van der Waals surface area contributed by atoms with Crippen LogP contribution in [0.2, 0.25) is 0 Å². The van der Waals surface area contributed by atoms with Crippen molar-refractivity contribution in [2.45, 2.75) is 64.2 Å². The van der Waals surface area contributed by atoms with Gasteiger partial charge in [0.1, 0.15) is 11.6 Å². The second-order valence-corrected chi connectivity index (χ2v) is 9.36. The fourth-order valence-electron chi connectivity index (χ4n) is 4.21. The number of quaternary nitrogens is 1. The highest BCUT2D eigenvalue weighted by Gasteiger charge is 2.26. The van der Waals surface area contributed by atoms with Gasteiger partial charge in [0, 0.05) is 17.8 Å². The number of nitrogens with one attached hydrogen (secondary N) is 1. The number of amides is 1. The monoisotopic (exact) mass is 531 g/mol. The van der Waals surface area contributed by atoms with E-state index in [1.54, 1.807) is 28.9 Å². The minimum atomic E-state index is -1.10. The second-order valence-electron chi connectivity index (χ2n) is 9.36. The topological polar surface area (TPSA) is 141 Å². The molecule has 3 rings (SSSR count). The van der Waals surface area contributed by atoms with Gasteiger partial charge in [-0.05, 0) is 67.1 Å². The third kappa shape index (κ3) is 7.67. The molecule has 0 bridgehead atoms. The van der Waals surface area contributed by atoms with Gasteiger partial charge in [-0.3, -0.25) is 9.63 Å². The SMILES string of the molecule is CC(C)c1c(C(=O)NCc2ccc(F)cc2)nn(-c2ccc(F)cc2)c1CCC(O)CC(O)CC(=O)O[NH3+]. The molecule has 0 aliphatic heterocycles. The van der Waals surface area contributed by atoms with Crippen molar-refractivity contribution in [1.29, 1.82) is 0 Å². The lowest BCUT2D eigenvalue weighted by Gasteiger charge is -2.16. The normalized spacial score (nSPS) is 12.8. The molecule has 0 aliphatic rings. The van der Waals surface area contributed by atoms with E-state index in [-0.39, 0.29) is 49.7 Å². The second kappa shape index (κ2) is 13.2. The number of aliphatic hydroxyl groups is 2. The van der Waals surface area contributed by atoms with Gasteiger partial charge in [-0.25, -0.2) is 18.3 Å². The van der Waals surface area contributed by atoms with Crippen LogP contribution in [0.15, 0.2) is 48.5 Å². The van der Waals surface area contributed by atoms with Crippen LogP contribution in [-0.4, -0.2) is 44.1 Å². The van der Waals surface area contributed by atoms with Crippen molar-refractivity contribution in [3.63, 3.8) is 0 Å². The van der Waals surface area contributed by atoms with Crippen molar-refractivity contribution in [1.82, 2.24) is 15.1 Å². The lowest BCUT2D eigenvalue weighted by molar-refractivity contribution is -0.657. The van der Waals surface area contributed by atoms with Gasteiger partial charge in [-0.1, -0.05) is 26.0 Å². The number of benzene rings is 2. The van der Waals surface area contributed by atoms with Crippen LogP contribution in [0.1, 0.15) is 66.3 Å². The van der Waals surface area contributed by atoms with Crippen LogP contribution in [0.5, 0.6) is 0 Å². The summed E-state index contributed by atoms with van der Waals surface area (Å²) < 4.78 is 28.4. The van der Waals surface area contributed by atoms with Crippen LogP contribution in [0.3, 0.4) is 0 Å². The fraction of sp³-hybridized carbons (Fsp3) is 0.370. The van der Waals surface area contributed by atoms with Gasteiger partial charge in [-0.2, -0.15) is 11.0 Å². The number of carbonyl (C=O) groups excluding carboxylic acids is 2. The average Bonchev–Trinajstić information content (AvgIpc) is 3.27. The molecule has 2 aromatic carbocycles. The lowest BCUT2D eigenvalue weighted by atomic mass is 9.95. The van der Waals surface area contributed by atoms with E-state index in [4.69, 9.17) is 0 Å². The van der Waals surface area contributed by atoms with Crippen molar-refractivity contribution >= 4 is 11.9 Å². The first-order valence-corrected chi connectivity index (χ1v) is 12.3. The number of rotatable bonds is 12. The first-order chi connectivity index (χ1) is 18.1. The Morgan fingerprint density at radius 2 is 1.63 bits per heavy atom. The molecule has 6 N–H and O–H groups in total. The highest BCUT2D eigenvalue weighted by molar-refractivity contribution is 5.94. The van der Waals surface area contributed by atoms with Gasteiger partial charge in [-0.15, -0.1) is 0 Å². The number of aliphatic hydroxyl groups excluding tert-OH is 2. The summed E-state index contributed by atoms with van der Waals surface area (Å²) in [4.78, 5) is 28.9. The quantitative estimate of drug-likeness (QED) is 0.265. The van der Waals surface area contributed by atoms with E-state index in [9.17, 15) is 28.6 Å². The molecule has 38 heavy (non-hydrogen) atoms. The Bertz CT molecular complexity index is 1230. The van der Waals surface area contributed by atoms with E-state index >= 15 is 0 Å². The van der Waals surface area contributed by atoms with Crippen molar-refractivity contribution in [2.75, 3.05) is 0 Å². The van der Waals surface area contributed by atoms with Crippen LogP contribution < -0.4 is 11.2 Å². The van der Waals surface area contributed by atoms with Crippen molar-refractivity contribution in [2.24, 2.45) is 0 Å². The molecule has 1 heterocycles. The summed E-state index contributed by atoms with van der Waals surface area (Å²) in [5.41, 5.74) is 2.76. The van der Waals surface area contributed by atoms with Crippen LogP contribution in [0.4, 0.5) is 8.78 Å². The molecule has 0 spiro atoms. The number of carbonyl (C=O) groups is 2. The van der Waals surface area contributed by atoms with E-state index < -0.39 is 29.9 Å². The highest BCUT2D eigenvalue weighted by Crippen LogP contribution is 2.28. The Morgan fingerprint density at radius 1 is 1.03 bits per heavy atom. The Morgan fingerprint density at radius 3 is 2.21 bits per heavy atom. The van der Waals surface area contributed by atoms with E-state index in [0.717, 1.165) is 0 Å². The minimum Gasteiger partial charge on any atom is -0.393 e. The molecule has 0 saturated carbocycles. The van der Waals surface area contributed by atoms with Crippen molar-refractivity contribution < 1.29 is 39.3 Å². The summed E-state index contributed by atoms with van der Waals surface area (Å²) in [5.74, 6) is 0.979. The van der Waals surface area contributed by atoms with Crippen molar-refractivity contribution in [3.05, 3.63) is 82.7 Å². The molecule has 0 radical (unpaired) electrons. The molecule has 0 aliphatic carbocycles. The molecular weight excluding hydrogens is 498 g/mol. The molecule has 1 aromatic heterocycles. The Labute approximate surface area is 219 Å². The van der Waals surface area contributed by atoms with E-state index in [2.05, 4.69) is 21.2 Å². The van der Waals surface area contributed by atoms with E-state index in [1.165, 1.54) is 24.3 Å². The van der Waals surface area contributed by atoms with E-state index in [0.29, 0.717) is 22.5 Å². The third-order valence-corrected chi connectivity index (χ3v) is 6.07. The number of hydrogen-bond acceptors (Lipinski definition) is 6. The molecule has 0 fully saturated rings. The molecule has 3 aromatic rings. The molecule has 2 unspecified atom stereocenters. The highest BCUT2D eigenvalue weighted by atomic mass is 19.1. The Kier molecular flexibility index (Phi) is 10.1. The summed E-state index contributed by atoms with van der Waals surface area (Å²) in [5, 5.41) is 28.0. The Balaban J connectivity index is 1.87. The zero-order valence-corrected chi connectivity index (χ0v) is 21.4. The van der Waals surface area contributed by atoms with Gasteiger partial charge in [0.2, 0.25) is 0 Å². The molecule has 0 saturated heterocycles. The molecule has 204 valence electrons. The maximum absolute atomic E-state index is 13.6. The smallest absolute Gasteiger partial charge is 0.368 e. The summed E-state index contributed by atoms with van der Waals surface area (Å²) in [6, 6.07) is 11.4. The number of hydrogen-bond donors (Lipinski definition) is 4. The zero-order valence-electron chi connectivity index (χ0n) is 21.4. The summed E-state index contributed by atoms with van der Waals surface area (Å²) >= 11 is 0. The summed E-state index contributed by atoms with van der Waals surface area (Å²) in [6.07, 6.45) is -1.89. The standard InChI is InChI=1S/C27H32F2N4O5/c1-16(2)25-23(12-11-21(34)13-22(35)14-24(36)38-30)33(20-9-7-19(29)8-10-20)32-26(25)27(37)31-15-17-3-5-18(28)6-4-17/h3-10,16,21-22,34-35H,11-15H2,1-2,30H3/p+1.